The molecule has 0 spiro atoms. The lowest BCUT2D eigenvalue weighted by molar-refractivity contribution is -0.127. The first-order valence-electron chi connectivity index (χ1n) is 6.28. The molecule has 0 fully saturated rings. The van der Waals surface area contributed by atoms with E-state index < -0.39 is 12.0 Å². The van der Waals surface area contributed by atoms with E-state index in [1.165, 1.54) is 0 Å². The molecular formula is C15H21ClN2O2. The summed E-state index contributed by atoms with van der Waals surface area (Å²) in [5.41, 5.74) is 6.47. The SMILES string of the molecule is C=CCNC(=O)CC(C(=O)[C@@H](C)N)c1ccccc1.Cl. The first-order valence-corrected chi connectivity index (χ1v) is 6.28. The summed E-state index contributed by atoms with van der Waals surface area (Å²) in [6.07, 6.45) is 1.71. The van der Waals surface area contributed by atoms with Crippen LogP contribution in [0.3, 0.4) is 0 Å². The Morgan fingerprint density at radius 3 is 2.45 bits per heavy atom. The summed E-state index contributed by atoms with van der Waals surface area (Å²) in [6, 6.07) is 8.65. The summed E-state index contributed by atoms with van der Waals surface area (Å²) in [6.45, 7) is 5.57. The van der Waals surface area contributed by atoms with Crippen LogP contribution in [0.1, 0.15) is 24.8 Å². The Morgan fingerprint density at radius 2 is 1.95 bits per heavy atom. The van der Waals surface area contributed by atoms with Crippen LogP contribution in [0.4, 0.5) is 0 Å². The van der Waals surface area contributed by atoms with Gasteiger partial charge in [0.1, 0.15) is 0 Å². The highest BCUT2D eigenvalue weighted by atomic mass is 35.5. The van der Waals surface area contributed by atoms with Gasteiger partial charge < -0.3 is 11.1 Å². The fourth-order valence-corrected chi connectivity index (χ4v) is 1.83. The number of carbonyl (C=O) groups excluding carboxylic acids is 2. The van der Waals surface area contributed by atoms with Gasteiger partial charge in [0, 0.05) is 13.0 Å². The van der Waals surface area contributed by atoms with Crippen molar-refractivity contribution in [3.8, 4) is 0 Å². The number of benzene rings is 1. The van der Waals surface area contributed by atoms with Gasteiger partial charge in [-0.05, 0) is 12.5 Å². The lowest BCUT2D eigenvalue weighted by Gasteiger charge is -2.17. The van der Waals surface area contributed by atoms with Crippen molar-refractivity contribution in [3.05, 3.63) is 48.6 Å². The van der Waals surface area contributed by atoms with Crippen molar-refractivity contribution in [1.29, 1.82) is 0 Å². The number of halogens is 1. The van der Waals surface area contributed by atoms with Crippen LogP contribution in [0.2, 0.25) is 0 Å². The average molecular weight is 297 g/mol. The van der Waals surface area contributed by atoms with Crippen molar-refractivity contribution in [2.24, 2.45) is 5.73 Å². The van der Waals surface area contributed by atoms with E-state index in [1.54, 1.807) is 13.0 Å². The second-order valence-corrected chi connectivity index (χ2v) is 4.45. The number of nitrogens with one attached hydrogen (secondary N) is 1. The normalized spacial score (nSPS) is 12.7. The van der Waals surface area contributed by atoms with Crippen molar-refractivity contribution < 1.29 is 9.59 Å². The largest absolute Gasteiger partial charge is 0.353 e. The maximum absolute atomic E-state index is 12.1. The summed E-state index contributed by atoms with van der Waals surface area (Å²) < 4.78 is 0. The Labute approximate surface area is 125 Å². The predicted octanol–water partition coefficient (Wildman–Crippen LogP) is 1.80. The van der Waals surface area contributed by atoms with Gasteiger partial charge in [0.2, 0.25) is 5.91 Å². The third kappa shape index (κ3) is 5.55. The van der Waals surface area contributed by atoms with Crippen LogP contribution >= 0.6 is 12.4 Å². The second-order valence-electron chi connectivity index (χ2n) is 4.45. The molecule has 0 aliphatic heterocycles. The van der Waals surface area contributed by atoms with Gasteiger partial charge in [-0.2, -0.15) is 0 Å². The molecule has 0 aliphatic rings. The van der Waals surface area contributed by atoms with Crippen molar-refractivity contribution in [3.63, 3.8) is 0 Å². The maximum Gasteiger partial charge on any atom is 0.221 e. The Hall–Kier alpha value is -1.65. The van der Waals surface area contributed by atoms with Crippen LogP contribution in [0, 0.1) is 0 Å². The molecular weight excluding hydrogens is 276 g/mol. The highest BCUT2D eigenvalue weighted by Gasteiger charge is 2.25. The molecule has 20 heavy (non-hydrogen) atoms. The maximum atomic E-state index is 12.1. The zero-order chi connectivity index (χ0) is 14.3. The predicted molar refractivity (Wildman–Crippen MR) is 82.9 cm³/mol. The summed E-state index contributed by atoms with van der Waals surface area (Å²) in [4.78, 5) is 23.9. The molecule has 0 bridgehead atoms. The smallest absolute Gasteiger partial charge is 0.221 e. The lowest BCUT2D eigenvalue weighted by Crippen LogP contribution is -2.35. The molecule has 0 heterocycles. The summed E-state index contributed by atoms with van der Waals surface area (Å²) >= 11 is 0. The topological polar surface area (TPSA) is 72.2 Å². The van der Waals surface area contributed by atoms with E-state index in [0.29, 0.717) is 6.54 Å². The van der Waals surface area contributed by atoms with Crippen molar-refractivity contribution in [2.45, 2.75) is 25.3 Å². The summed E-state index contributed by atoms with van der Waals surface area (Å²) in [5.74, 6) is -0.797. The number of rotatable bonds is 7. The van der Waals surface area contributed by atoms with Crippen LogP contribution in [-0.2, 0) is 9.59 Å². The first kappa shape index (κ1) is 18.4. The molecule has 1 rings (SSSR count). The van der Waals surface area contributed by atoms with E-state index in [1.807, 2.05) is 30.3 Å². The van der Waals surface area contributed by atoms with Gasteiger partial charge in [-0.3, -0.25) is 9.59 Å². The van der Waals surface area contributed by atoms with E-state index in [-0.39, 0.29) is 30.5 Å². The van der Waals surface area contributed by atoms with Gasteiger partial charge in [-0.25, -0.2) is 0 Å². The highest BCUT2D eigenvalue weighted by Crippen LogP contribution is 2.21. The Balaban J connectivity index is 0.00000361. The van der Waals surface area contributed by atoms with Gasteiger partial charge in [-0.1, -0.05) is 36.4 Å². The fraction of sp³-hybridized carbons (Fsp3) is 0.333. The molecule has 5 heteroatoms. The van der Waals surface area contributed by atoms with E-state index >= 15 is 0 Å². The molecule has 0 saturated carbocycles. The molecule has 3 N–H and O–H groups in total. The standard InChI is InChI=1S/C15H20N2O2.ClH/c1-3-9-17-14(18)10-13(15(19)11(2)16)12-7-5-4-6-8-12;/h3-8,11,13H,1,9-10,16H2,2H3,(H,17,18);1H/t11-,13?;/m1./s1. The quantitative estimate of drug-likeness (QED) is 0.754. The minimum atomic E-state index is -0.586. The number of Topliss-reactive ketones (excluding diaryl/α,β-unsaturated/α-hetero) is 1. The van der Waals surface area contributed by atoms with Gasteiger partial charge in [-0.15, -0.1) is 19.0 Å². The highest BCUT2D eigenvalue weighted by molar-refractivity contribution is 5.94. The zero-order valence-electron chi connectivity index (χ0n) is 11.5. The molecule has 1 amide bonds. The van der Waals surface area contributed by atoms with Gasteiger partial charge in [0.05, 0.1) is 12.0 Å². The van der Waals surface area contributed by atoms with Gasteiger partial charge in [0.15, 0.2) is 5.78 Å². The van der Waals surface area contributed by atoms with Crippen LogP contribution in [0.25, 0.3) is 0 Å². The monoisotopic (exact) mass is 296 g/mol. The Kier molecular flexibility index (Phi) is 8.52. The third-order valence-corrected chi connectivity index (χ3v) is 2.83. The molecule has 2 atom stereocenters. The van der Waals surface area contributed by atoms with E-state index in [9.17, 15) is 9.59 Å². The van der Waals surface area contributed by atoms with E-state index in [4.69, 9.17) is 5.73 Å². The minimum Gasteiger partial charge on any atom is -0.353 e. The minimum absolute atomic E-state index is 0. The number of ketones is 1. The third-order valence-electron chi connectivity index (χ3n) is 2.83. The van der Waals surface area contributed by atoms with Crippen molar-refractivity contribution >= 4 is 24.1 Å². The number of amides is 1. The van der Waals surface area contributed by atoms with Crippen LogP contribution in [0.5, 0.6) is 0 Å². The van der Waals surface area contributed by atoms with Gasteiger partial charge >= 0.3 is 0 Å². The average Bonchev–Trinajstić information content (AvgIpc) is 2.42. The number of hydrogen-bond donors (Lipinski definition) is 2. The van der Waals surface area contributed by atoms with Crippen LogP contribution < -0.4 is 11.1 Å². The molecule has 0 radical (unpaired) electrons. The first-order chi connectivity index (χ1) is 9.06. The summed E-state index contributed by atoms with van der Waals surface area (Å²) in [7, 11) is 0. The molecule has 110 valence electrons. The number of carbonyl (C=O) groups is 2. The Bertz CT molecular complexity index is 446. The molecule has 1 unspecified atom stereocenters. The molecule has 1 aromatic carbocycles. The Morgan fingerprint density at radius 1 is 1.35 bits per heavy atom. The van der Waals surface area contributed by atoms with Crippen molar-refractivity contribution in [2.75, 3.05) is 6.54 Å². The second kappa shape index (κ2) is 9.28. The van der Waals surface area contributed by atoms with E-state index in [0.717, 1.165) is 5.56 Å². The molecule has 0 aliphatic carbocycles. The molecule has 0 aromatic heterocycles. The van der Waals surface area contributed by atoms with Gasteiger partial charge in [0.25, 0.3) is 0 Å². The van der Waals surface area contributed by atoms with E-state index in [2.05, 4.69) is 11.9 Å². The van der Waals surface area contributed by atoms with Crippen LogP contribution in [0.15, 0.2) is 43.0 Å². The molecule has 0 saturated heterocycles. The number of nitrogens with two attached hydrogens (primary N) is 1. The lowest BCUT2D eigenvalue weighted by atomic mass is 9.88. The fourth-order valence-electron chi connectivity index (χ4n) is 1.83. The summed E-state index contributed by atoms with van der Waals surface area (Å²) in [5, 5.41) is 2.68. The van der Waals surface area contributed by atoms with Crippen molar-refractivity contribution in [1.82, 2.24) is 5.32 Å². The molecule has 1 aromatic rings. The number of hydrogen-bond acceptors (Lipinski definition) is 3. The zero-order valence-corrected chi connectivity index (χ0v) is 12.4. The molecule has 4 nitrogen and oxygen atoms in total. The van der Waals surface area contributed by atoms with Crippen LogP contribution in [-0.4, -0.2) is 24.3 Å².